The molecule has 0 bridgehead atoms. The normalized spacial score (nSPS) is 11.9. The molecule has 1 heterocycles. The second-order valence-corrected chi connectivity index (χ2v) is 5.81. The maximum Gasteiger partial charge on any atom is 0.338 e. The number of rotatable bonds is 6. The molecule has 1 amide bonds. The molecule has 2 aromatic rings. The fourth-order valence-electron chi connectivity index (χ4n) is 2.29. The Morgan fingerprint density at radius 3 is 2.64 bits per heavy atom. The van der Waals surface area contributed by atoms with Crippen LogP contribution in [0.5, 0.6) is 11.5 Å². The summed E-state index contributed by atoms with van der Waals surface area (Å²) in [6.45, 7) is 0.236. The van der Waals surface area contributed by atoms with Gasteiger partial charge in [0.25, 0.3) is 5.91 Å². The molecule has 3 rings (SSSR count). The summed E-state index contributed by atoms with van der Waals surface area (Å²) in [7, 11) is 0. The van der Waals surface area contributed by atoms with Crippen molar-refractivity contribution in [1.82, 2.24) is 5.32 Å². The van der Waals surface area contributed by atoms with Crippen LogP contribution in [0.4, 0.5) is 0 Å². The van der Waals surface area contributed by atoms with Gasteiger partial charge in [0.2, 0.25) is 6.79 Å². The minimum atomic E-state index is -0.592. The molecule has 6 nitrogen and oxygen atoms in total. The molecule has 0 aromatic heterocycles. The Balaban J connectivity index is 1.41. The van der Waals surface area contributed by atoms with E-state index in [0.717, 1.165) is 5.56 Å². The molecule has 0 radical (unpaired) electrons. The molecule has 1 aliphatic rings. The third-order valence-corrected chi connectivity index (χ3v) is 3.84. The largest absolute Gasteiger partial charge is 0.454 e. The van der Waals surface area contributed by atoms with Gasteiger partial charge in [-0.25, -0.2) is 4.79 Å². The van der Waals surface area contributed by atoms with Crippen molar-refractivity contribution in [2.45, 2.75) is 6.42 Å². The van der Waals surface area contributed by atoms with Gasteiger partial charge in [-0.15, -0.1) is 0 Å². The topological polar surface area (TPSA) is 73.9 Å². The van der Waals surface area contributed by atoms with E-state index >= 15 is 0 Å². The summed E-state index contributed by atoms with van der Waals surface area (Å²) < 4.78 is 15.4. The maximum atomic E-state index is 12.0. The third-order valence-electron chi connectivity index (χ3n) is 3.59. The van der Waals surface area contributed by atoms with Gasteiger partial charge in [-0.2, -0.15) is 0 Å². The Kier molecular flexibility index (Phi) is 5.40. The number of halogens is 1. The minimum absolute atomic E-state index is 0.129. The first-order valence-electron chi connectivity index (χ1n) is 7.70. The molecule has 0 atom stereocenters. The van der Waals surface area contributed by atoms with Crippen LogP contribution in [0.25, 0.3) is 0 Å². The molecule has 130 valence electrons. The average molecular weight is 362 g/mol. The van der Waals surface area contributed by atoms with E-state index in [9.17, 15) is 9.59 Å². The fraction of sp³-hybridized carbons (Fsp3) is 0.222. The van der Waals surface area contributed by atoms with Gasteiger partial charge >= 0.3 is 5.97 Å². The summed E-state index contributed by atoms with van der Waals surface area (Å²) in [5, 5.41) is 3.37. The quantitative estimate of drug-likeness (QED) is 0.800. The first kappa shape index (κ1) is 17.1. The highest BCUT2D eigenvalue weighted by molar-refractivity contribution is 6.30. The van der Waals surface area contributed by atoms with E-state index < -0.39 is 5.97 Å². The summed E-state index contributed by atoms with van der Waals surface area (Å²) in [6, 6.07) is 12.1. The van der Waals surface area contributed by atoms with E-state index in [1.807, 2.05) is 12.1 Å². The minimum Gasteiger partial charge on any atom is -0.454 e. The molecule has 0 saturated carbocycles. The lowest BCUT2D eigenvalue weighted by Crippen LogP contribution is -2.30. The van der Waals surface area contributed by atoms with Crippen molar-refractivity contribution in [1.29, 1.82) is 0 Å². The predicted molar refractivity (Wildman–Crippen MR) is 91.0 cm³/mol. The summed E-state index contributed by atoms with van der Waals surface area (Å²) in [5.74, 6) is 0.118. The fourth-order valence-corrected chi connectivity index (χ4v) is 2.41. The molecule has 0 unspecified atom stereocenters. The Labute approximate surface area is 149 Å². The highest BCUT2D eigenvalue weighted by Gasteiger charge is 2.17. The molecule has 0 saturated heterocycles. The van der Waals surface area contributed by atoms with E-state index in [0.29, 0.717) is 35.1 Å². The SMILES string of the molecule is O=C(COC(=O)c1ccc2c(c1)OCO2)NCCc1ccc(Cl)cc1. The number of hydrogen-bond donors (Lipinski definition) is 1. The lowest BCUT2D eigenvalue weighted by atomic mass is 10.1. The van der Waals surface area contributed by atoms with E-state index in [1.54, 1.807) is 24.3 Å². The van der Waals surface area contributed by atoms with Crippen LogP contribution >= 0.6 is 11.6 Å². The zero-order valence-electron chi connectivity index (χ0n) is 13.3. The van der Waals surface area contributed by atoms with E-state index in [2.05, 4.69) is 5.32 Å². The Bertz CT molecular complexity index is 776. The van der Waals surface area contributed by atoms with Gasteiger partial charge in [0.15, 0.2) is 18.1 Å². The van der Waals surface area contributed by atoms with Crippen LogP contribution in [0.1, 0.15) is 15.9 Å². The number of carbonyl (C=O) groups excluding carboxylic acids is 2. The molecule has 1 N–H and O–H groups in total. The van der Waals surface area contributed by atoms with Crippen LogP contribution < -0.4 is 14.8 Å². The molecule has 0 aliphatic carbocycles. The number of amides is 1. The van der Waals surface area contributed by atoms with Crippen molar-refractivity contribution in [3.8, 4) is 11.5 Å². The molecule has 7 heteroatoms. The summed E-state index contributed by atoms with van der Waals surface area (Å²) in [5.41, 5.74) is 1.36. The van der Waals surface area contributed by atoms with Crippen molar-refractivity contribution < 1.29 is 23.8 Å². The Morgan fingerprint density at radius 2 is 1.84 bits per heavy atom. The van der Waals surface area contributed by atoms with Crippen LogP contribution in [-0.4, -0.2) is 31.8 Å². The third kappa shape index (κ3) is 4.64. The van der Waals surface area contributed by atoms with E-state index in [4.69, 9.17) is 25.8 Å². The summed E-state index contributed by atoms with van der Waals surface area (Å²) >= 11 is 5.82. The van der Waals surface area contributed by atoms with Gasteiger partial charge in [0, 0.05) is 11.6 Å². The van der Waals surface area contributed by atoms with Crippen molar-refractivity contribution >= 4 is 23.5 Å². The second kappa shape index (κ2) is 7.90. The zero-order chi connectivity index (χ0) is 17.6. The highest BCUT2D eigenvalue weighted by Crippen LogP contribution is 2.32. The molecular weight excluding hydrogens is 346 g/mol. The molecule has 1 aliphatic heterocycles. The van der Waals surface area contributed by atoms with Crippen LogP contribution in [0.2, 0.25) is 5.02 Å². The molecule has 0 spiro atoms. The van der Waals surface area contributed by atoms with Gasteiger partial charge in [0.05, 0.1) is 5.56 Å². The maximum absolute atomic E-state index is 12.0. The number of benzene rings is 2. The summed E-state index contributed by atoms with van der Waals surface area (Å²) in [4.78, 5) is 23.7. The van der Waals surface area contributed by atoms with Crippen molar-refractivity contribution in [3.63, 3.8) is 0 Å². The number of nitrogens with one attached hydrogen (secondary N) is 1. The Hall–Kier alpha value is -2.73. The number of hydrogen-bond acceptors (Lipinski definition) is 5. The van der Waals surface area contributed by atoms with Crippen molar-refractivity contribution in [3.05, 3.63) is 58.6 Å². The number of carbonyl (C=O) groups is 2. The van der Waals surface area contributed by atoms with Gasteiger partial charge in [-0.1, -0.05) is 23.7 Å². The van der Waals surface area contributed by atoms with Gasteiger partial charge in [-0.05, 0) is 42.3 Å². The standard InChI is InChI=1S/C18H16ClNO5/c19-14-4-1-12(2-5-14)7-8-20-17(21)10-23-18(22)13-3-6-15-16(9-13)25-11-24-15/h1-6,9H,7-8,10-11H2,(H,20,21). The Morgan fingerprint density at radius 1 is 1.08 bits per heavy atom. The zero-order valence-corrected chi connectivity index (χ0v) is 14.0. The summed E-state index contributed by atoms with van der Waals surface area (Å²) in [6.07, 6.45) is 0.666. The molecular formula is C18H16ClNO5. The molecule has 25 heavy (non-hydrogen) atoms. The number of ether oxygens (including phenoxy) is 3. The molecule has 0 fully saturated rings. The smallest absolute Gasteiger partial charge is 0.338 e. The van der Waals surface area contributed by atoms with Crippen molar-refractivity contribution in [2.75, 3.05) is 19.9 Å². The van der Waals surface area contributed by atoms with Crippen LogP contribution in [0.3, 0.4) is 0 Å². The van der Waals surface area contributed by atoms with Crippen LogP contribution in [-0.2, 0) is 16.0 Å². The predicted octanol–water partition coefficient (Wildman–Crippen LogP) is 2.58. The van der Waals surface area contributed by atoms with Gasteiger partial charge in [0.1, 0.15) is 0 Å². The van der Waals surface area contributed by atoms with E-state index in [-0.39, 0.29) is 19.3 Å². The first-order valence-corrected chi connectivity index (χ1v) is 8.07. The monoisotopic (exact) mass is 361 g/mol. The number of fused-ring (bicyclic) bond motifs is 1. The lowest BCUT2D eigenvalue weighted by molar-refractivity contribution is -0.124. The number of esters is 1. The van der Waals surface area contributed by atoms with Crippen LogP contribution in [0.15, 0.2) is 42.5 Å². The average Bonchev–Trinajstić information content (AvgIpc) is 3.09. The second-order valence-electron chi connectivity index (χ2n) is 5.37. The first-order chi connectivity index (χ1) is 12.1. The highest BCUT2D eigenvalue weighted by atomic mass is 35.5. The van der Waals surface area contributed by atoms with E-state index in [1.165, 1.54) is 6.07 Å². The van der Waals surface area contributed by atoms with Gasteiger partial charge < -0.3 is 19.5 Å². The molecule has 2 aromatic carbocycles. The van der Waals surface area contributed by atoms with Crippen molar-refractivity contribution in [2.24, 2.45) is 0 Å². The van der Waals surface area contributed by atoms with Gasteiger partial charge in [-0.3, -0.25) is 4.79 Å². The van der Waals surface area contributed by atoms with Crippen LogP contribution in [0, 0.1) is 0 Å². The lowest BCUT2D eigenvalue weighted by Gasteiger charge is -2.07.